The topological polar surface area (TPSA) is 21.6 Å². The summed E-state index contributed by atoms with van der Waals surface area (Å²) in [6.07, 6.45) is 7.86. The first kappa shape index (κ1) is 9.97. The van der Waals surface area contributed by atoms with Crippen LogP contribution >= 0.6 is 0 Å². The Labute approximate surface area is 90.3 Å². The number of rotatable bonds is 2. The lowest BCUT2D eigenvalue weighted by atomic mass is 10.2. The lowest BCUT2D eigenvalue weighted by Crippen LogP contribution is -2.12. The van der Waals surface area contributed by atoms with Gasteiger partial charge >= 0.3 is 0 Å². The van der Waals surface area contributed by atoms with Crippen molar-refractivity contribution < 1.29 is 4.74 Å². The summed E-state index contributed by atoms with van der Waals surface area (Å²) in [4.78, 5) is 4.09. The lowest BCUT2D eigenvalue weighted by molar-refractivity contribution is 0.242. The fourth-order valence-corrected chi connectivity index (χ4v) is 1.51. The van der Waals surface area contributed by atoms with Gasteiger partial charge in [0.2, 0.25) is 0 Å². The molecule has 1 aliphatic rings. The molecule has 1 aliphatic heterocycles. The van der Waals surface area contributed by atoms with Crippen molar-refractivity contribution in [3.63, 3.8) is 0 Å². The van der Waals surface area contributed by atoms with Gasteiger partial charge in [-0.15, -0.1) is 0 Å². The van der Waals surface area contributed by atoms with E-state index in [9.17, 15) is 0 Å². The van der Waals surface area contributed by atoms with E-state index in [0.29, 0.717) is 0 Å². The average Bonchev–Trinajstić information content (AvgIpc) is 2.50. The molecular weight excluding hydrogens is 186 g/mol. The lowest BCUT2D eigenvalue weighted by Gasteiger charge is -2.13. The van der Waals surface area contributed by atoms with E-state index in [1.165, 1.54) is 5.56 Å². The number of aryl methyl sites for hydroxylation is 1. The first-order valence-corrected chi connectivity index (χ1v) is 5.26. The Morgan fingerprint density at radius 1 is 1.27 bits per heavy atom. The predicted octanol–water partition coefficient (Wildman–Crippen LogP) is 3.12. The zero-order valence-electron chi connectivity index (χ0n) is 8.89. The summed E-state index contributed by atoms with van der Waals surface area (Å²) in [6, 6.07) is 8.14. The second kappa shape index (κ2) is 4.78. The molecule has 0 fully saturated rings. The monoisotopic (exact) mass is 201 g/mol. The van der Waals surface area contributed by atoms with Crippen molar-refractivity contribution in [2.75, 3.05) is 0 Å². The van der Waals surface area contributed by atoms with Crippen molar-refractivity contribution in [1.82, 2.24) is 0 Å². The van der Waals surface area contributed by atoms with E-state index in [1.54, 1.807) is 0 Å². The smallest absolute Gasteiger partial charge is 0.120 e. The van der Waals surface area contributed by atoms with Gasteiger partial charge in [-0.25, -0.2) is 0 Å². The van der Waals surface area contributed by atoms with Crippen molar-refractivity contribution in [2.24, 2.45) is 4.99 Å². The Morgan fingerprint density at radius 3 is 2.87 bits per heavy atom. The number of ether oxygens (including phenoxy) is 1. The maximum Gasteiger partial charge on any atom is 0.120 e. The third-order valence-electron chi connectivity index (χ3n) is 2.38. The highest BCUT2D eigenvalue weighted by Crippen LogP contribution is 2.16. The van der Waals surface area contributed by atoms with Crippen LogP contribution in [0, 0.1) is 6.92 Å². The van der Waals surface area contributed by atoms with Gasteiger partial charge < -0.3 is 4.74 Å². The molecule has 0 spiro atoms. The van der Waals surface area contributed by atoms with Crippen LogP contribution in [0.5, 0.6) is 5.75 Å². The highest BCUT2D eigenvalue weighted by molar-refractivity contribution is 5.58. The summed E-state index contributed by atoms with van der Waals surface area (Å²) in [5.41, 5.74) is 1.25. The number of hydrogen-bond acceptors (Lipinski definition) is 2. The minimum absolute atomic E-state index is 0.148. The second-order valence-corrected chi connectivity index (χ2v) is 3.72. The Morgan fingerprint density at radius 2 is 2.07 bits per heavy atom. The van der Waals surface area contributed by atoms with E-state index in [1.807, 2.05) is 30.6 Å². The zero-order valence-corrected chi connectivity index (χ0v) is 8.89. The van der Waals surface area contributed by atoms with Crippen molar-refractivity contribution in [1.29, 1.82) is 0 Å². The molecule has 1 aromatic rings. The molecule has 0 bridgehead atoms. The number of aliphatic imine (C=N–C) groups is 1. The summed E-state index contributed by atoms with van der Waals surface area (Å²) in [5.74, 6) is 0.928. The first-order chi connectivity index (χ1) is 7.34. The standard InChI is InChI=1S/C13H15NO/c1-11-4-6-13(7-5-11)15-12-3-2-9-14-10-8-12/h4-10,12H,2-3H2,1H3. The minimum Gasteiger partial charge on any atom is -0.486 e. The summed E-state index contributed by atoms with van der Waals surface area (Å²) in [5, 5.41) is 0. The van der Waals surface area contributed by atoms with E-state index < -0.39 is 0 Å². The van der Waals surface area contributed by atoms with Crippen LogP contribution in [0.4, 0.5) is 0 Å². The third-order valence-corrected chi connectivity index (χ3v) is 2.38. The zero-order chi connectivity index (χ0) is 10.5. The molecule has 1 aromatic carbocycles. The molecule has 0 amide bonds. The predicted molar refractivity (Wildman–Crippen MR) is 62.5 cm³/mol. The van der Waals surface area contributed by atoms with Crippen molar-refractivity contribution in [3.8, 4) is 5.75 Å². The van der Waals surface area contributed by atoms with Crippen molar-refractivity contribution in [2.45, 2.75) is 25.9 Å². The highest BCUT2D eigenvalue weighted by atomic mass is 16.5. The van der Waals surface area contributed by atoms with Crippen LogP contribution in [0.3, 0.4) is 0 Å². The average molecular weight is 201 g/mol. The van der Waals surface area contributed by atoms with Gasteiger partial charge in [0.05, 0.1) is 0 Å². The van der Waals surface area contributed by atoms with E-state index in [0.717, 1.165) is 18.6 Å². The van der Waals surface area contributed by atoms with Crippen molar-refractivity contribution >= 4 is 6.21 Å². The number of benzene rings is 1. The maximum absolute atomic E-state index is 5.82. The molecule has 0 aliphatic carbocycles. The van der Waals surface area contributed by atoms with Gasteiger partial charge in [-0.05, 0) is 38.0 Å². The summed E-state index contributed by atoms with van der Waals surface area (Å²) in [7, 11) is 0. The van der Waals surface area contributed by atoms with Crippen LogP contribution in [0.1, 0.15) is 18.4 Å². The SMILES string of the molecule is Cc1ccc(OC2C=CN=CCC2)cc1. The highest BCUT2D eigenvalue weighted by Gasteiger charge is 2.07. The molecule has 0 aromatic heterocycles. The first-order valence-electron chi connectivity index (χ1n) is 5.26. The van der Waals surface area contributed by atoms with E-state index >= 15 is 0 Å². The van der Waals surface area contributed by atoms with E-state index in [-0.39, 0.29) is 6.10 Å². The quantitative estimate of drug-likeness (QED) is 0.720. The largest absolute Gasteiger partial charge is 0.486 e. The molecule has 2 rings (SSSR count). The van der Waals surface area contributed by atoms with Crippen LogP contribution in [0.25, 0.3) is 0 Å². The molecule has 1 heterocycles. The molecule has 0 N–H and O–H groups in total. The molecule has 1 unspecified atom stereocenters. The van der Waals surface area contributed by atoms with E-state index in [2.05, 4.69) is 24.0 Å². The van der Waals surface area contributed by atoms with Gasteiger partial charge in [-0.2, -0.15) is 0 Å². The molecule has 1 atom stereocenters. The molecule has 15 heavy (non-hydrogen) atoms. The number of hydrogen-bond donors (Lipinski definition) is 0. The summed E-state index contributed by atoms with van der Waals surface area (Å²) < 4.78 is 5.82. The van der Waals surface area contributed by atoms with Crippen LogP contribution in [-0.2, 0) is 0 Å². The fourth-order valence-electron chi connectivity index (χ4n) is 1.51. The van der Waals surface area contributed by atoms with Crippen LogP contribution < -0.4 is 4.74 Å². The molecule has 0 radical (unpaired) electrons. The van der Waals surface area contributed by atoms with Gasteiger partial charge in [-0.1, -0.05) is 17.7 Å². The normalized spacial score (nSPS) is 19.9. The fraction of sp³-hybridized carbons (Fsp3) is 0.308. The minimum atomic E-state index is 0.148. The number of nitrogens with zero attached hydrogens (tertiary/aromatic N) is 1. The Balaban J connectivity index is 1.99. The van der Waals surface area contributed by atoms with Gasteiger partial charge in [0, 0.05) is 12.4 Å². The van der Waals surface area contributed by atoms with Crippen LogP contribution in [-0.4, -0.2) is 12.3 Å². The summed E-state index contributed by atoms with van der Waals surface area (Å²) >= 11 is 0. The summed E-state index contributed by atoms with van der Waals surface area (Å²) in [6.45, 7) is 2.07. The molecule has 0 saturated carbocycles. The van der Waals surface area contributed by atoms with Gasteiger partial charge in [0.1, 0.15) is 11.9 Å². The maximum atomic E-state index is 5.82. The Kier molecular flexibility index (Phi) is 3.18. The van der Waals surface area contributed by atoms with Crippen molar-refractivity contribution in [3.05, 3.63) is 42.1 Å². The van der Waals surface area contributed by atoms with Gasteiger partial charge in [0.25, 0.3) is 0 Å². The third kappa shape index (κ3) is 2.94. The van der Waals surface area contributed by atoms with E-state index in [4.69, 9.17) is 4.74 Å². The second-order valence-electron chi connectivity index (χ2n) is 3.72. The molecular formula is C13H15NO. The van der Waals surface area contributed by atoms with Crippen LogP contribution in [0.2, 0.25) is 0 Å². The molecule has 2 nitrogen and oxygen atoms in total. The molecule has 2 heteroatoms. The van der Waals surface area contributed by atoms with Gasteiger partial charge in [0.15, 0.2) is 0 Å². The Hall–Kier alpha value is -1.57. The van der Waals surface area contributed by atoms with Gasteiger partial charge in [-0.3, -0.25) is 4.99 Å². The Bertz CT molecular complexity index is 365. The van der Waals surface area contributed by atoms with Crippen LogP contribution in [0.15, 0.2) is 41.5 Å². The molecule has 0 saturated heterocycles. The molecule has 78 valence electrons.